The topological polar surface area (TPSA) is 125 Å². The molecule has 1 aliphatic heterocycles. The predicted octanol–water partition coefficient (Wildman–Crippen LogP) is 1.94. The highest BCUT2D eigenvalue weighted by Gasteiger charge is 2.78. The summed E-state index contributed by atoms with van der Waals surface area (Å²) in [5, 5.41) is 31.1. The first kappa shape index (κ1) is 26.7. The van der Waals surface area contributed by atoms with E-state index in [1.54, 1.807) is 0 Å². The summed E-state index contributed by atoms with van der Waals surface area (Å²) in [6, 6.07) is 3.44. The van der Waals surface area contributed by atoms with Crippen LogP contribution >= 0.6 is 0 Å². The van der Waals surface area contributed by atoms with E-state index in [0.717, 1.165) is 24.3 Å². The molecule has 1 unspecified atom stereocenters. The molecule has 1 aromatic carbocycles. The Morgan fingerprint density at radius 3 is 1.55 bits per heavy atom. The van der Waals surface area contributed by atoms with Crippen molar-refractivity contribution in [3.63, 3.8) is 0 Å². The minimum Gasteiger partial charge on any atom is -0.508 e. The van der Waals surface area contributed by atoms with Gasteiger partial charge in [0.15, 0.2) is 0 Å². The molecule has 0 saturated carbocycles. The lowest BCUT2D eigenvalue weighted by molar-refractivity contribution is -0.376. The quantitative estimate of drug-likeness (QED) is 0.366. The molecule has 8 nitrogen and oxygen atoms in total. The Hall–Kier alpha value is -2.58. The van der Waals surface area contributed by atoms with Crippen molar-refractivity contribution < 1.29 is 60.7 Å². The van der Waals surface area contributed by atoms with Gasteiger partial charge in [-0.3, -0.25) is 9.59 Å². The molecule has 0 bridgehead atoms. The summed E-state index contributed by atoms with van der Waals surface area (Å²) >= 11 is 0. The van der Waals surface area contributed by atoms with Crippen molar-refractivity contribution in [2.24, 2.45) is 11.8 Å². The van der Waals surface area contributed by atoms with Crippen LogP contribution < -0.4 is 5.32 Å². The summed E-state index contributed by atoms with van der Waals surface area (Å²) in [5.41, 5.74) is -9.89. The van der Waals surface area contributed by atoms with Crippen LogP contribution in [0.5, 0.6) is 5.75 Å². The smallest absolute Gasteiger partial charge is 0.432 e. The fraction of sp³-hybridized carbons (Fsp3) is 0.579. The zero-order valence-corrected chi connectivity index (χ0v) is 17.2. The van der Waals surface area contributed by atoms with Crippen LogP contribution in [0.1, 0.15) is 25.3 Å². The minimum absolute atomic E-state index is 0.440. The number of hydrogen-bond acceptors (Lipinski definition) is 8. The first-order valence-electron chi connectivity index (χ1n) is 9.54. The SMILES string of the molecule is CCOC(=O)[C@@H]1C(c2ccc(O)cc2)[C@H](C(=O)OCC)[C@@](O)(C(F)(F)F)N[C@@]1(O)C(F)(F)F. The van der Waals surface area contributed by atoms with Gasteiger partial charge in [-0.1, -0.05) is 12.1 Å². The highest BCUT2D eigenvalue weighted by atomic mass is 19.4. The Labute approximate surface area is 183 Å². The number of ether oxygens (including phenoxy) is 2. The van der Waals surface area contributed by atoms with Crippen LogP contribution in [-0.2, 0) is 19.1 Å². The van der Waals surface area contributed by atoms with Gasteiger partial charge in [-0.15, -0.1) is 0 Å². The largest absolute Gasteiger partial charge is 0.508 e. The van der Waals surface area contributed by atoms with Gasteiger partial charge in [0, 0.05) is 5.92 Å². The number of esters is 2. The van der Waals surface area contributed by atoms with Crippen LogP contribution in [0.4, 0.5) is 26.3 Å². The van der Waals surface area contributed by atoms with E-state index >= 15 is 0 Å². The predicted molar refractivity (Wildman–Crippen MR) is 96.2 cm³/mol. The van der Waals surface area contributed by atoms with Crippen molar-refractivity contribution in [2.45, 2.75) is 43.6 Å². The van der Waals surface area contributed by atoms with Crippen LogP contribution in [0.3, 0.4) is 0 Å². The highest BCUT2D eigenvalue weighted by Crippen LogP contribution is 2.55. The number of carbonyl (C=O) groups excluding carboxylic acids is 2. The van der Waals surface area contributed by atoms with E-state index in [1.165, 1.54) is 13.8 Å². The molecule has 33 heavy (non-hydrogen) atoms. The molecule has 0 spiro atoms. The molecule has 4 N–H and O–H groups in total. The van der Waals surface area contributed by atoms with Crippen LogP contribution in [0, 0.1) is 11.8 Å². The molecule has 1 saturated heterocycles. The summed E-state index contributed by atoms with van der Waals surface area (Å²) in [7, 11) is 0. The third-order valence-electron chi connectivity index (χ3n) is 5.22. The summed E-state index contributed by atoms with van der Waals surface area (Å²) in [5.74, 6) is -12.3. The molecule has 5 atom stereocenters. The number of phenolic OH excluding ortho intramolecular Hbond substituents is 1. The lowest BCUT2D eigenvalue weighted by atomic mass is 9.64. The second kappa shape index (κ2) is 8.99. The van der Waals surface area contributed by atoms with Crippen LogP contribution in [0.15, 0.2) is 24.3 Å². The molecule has 1 heterocycles. The molecule has 0 aliphatic carbocycles. The minimum atomic E-state index is -5.96. The summed E-state index contributed by atoms with van der Waals surface area (Å²) in [6.45, 7) is 1.37. The zero-order chi connectivity index (χ0) is 25.4. The lowest BCUT2D eigenvalue weighted by Crippen LogP contribution is -2.81. The van der Waals surface area contributed by atoms with Gasteiger partial charge in [0.2, 0.25) is 11.4 Å². The fourth-order valence-corrected chi connectivity index (χ4v) is 3.83. The van der Waals surface area contributed by atoms with Gasteiger partial charge in [-0.05, 0) is 31.5 Å². The molecule has 2 rings (SSSR count). The Bertz CT molecular complexity index is 827. The molecular weight excluding hydrogens is 468 g/mol. The maximum atomic E-state index is 14.0. The average Bonchev–Trinajstić information content (AvgIpc) is 2.66. The Morgan fingerprint density at radius 2 is 1.24 bits per heavy atom. The number of carbonyl (C=O) groups is 2. The third kappa shape index (κ3) is 4.59. The average molecular weight is 489 g/mol. The van der Waals surface area contributed by atoms with Crippen molar-refractivity contribution in [3.05, 3.63) is 29.8 Å². The molecular formula is C19H21F6NO7. The number of piperidine rings is 1. The van der Waals surface area contributed by atoms with Crippen molar-refractivity contribution in [2.75, 3.05) is 13.2 Å². The van der Waals surface area contributed by atoms with E-state index < -0.39 is 78.0 Å². The van der Waals surface area contributed by atoms with Crippen LogP contribution in [0.25, 0.3) is 0 Å². The van der Waals surface area contributed by atoms with E-state index in [0.29, 0.717) is 5.32 Å². The second-order valence-electron chi connectivity index (χ2n) is 7.23. The van der Waals surface area contributed by atoms with Gasteiger partial charge in [0.25, 0.3) is 0 Å². The summed E-state index contributed by atoms with van der Waals surface area (Å²) < 4.78 is 93.1. The lowest BCUT2D eigenvalue weighted by Gasteiger charge is -2.54. The Kier molecular flexibility index (Phi) is 7.26. The molecule has 186 valence electrons. The van der Waals surface area contributed by atoms with Gasteiger partial charge in [0.1, 0.15) is 17.6 Å². The maximum Gasteiger partial charge on any atom is 0.432 e. The fourth-order valence-electron chi connectivity index (χ4n) is 3.83. The Morgan fingerprint density at radius 1 is 0.879 bits per heavy atom. The molecule has 1 aromatic rings. The van der Waals surface area contributed by atoms with E-state index in [2.05, 4.69) is 9.47 Å². The number of alkyl halides is 6. The summed E-state index contributed by atoms with van der Waals surface area (Å²) in [4.78, 5) is 25.2. The number of rotatable bonds is 5. The molecule has 1 fully saturated rings. The Balaban J connectivity index is 2.95. The number of aromatic hydroxyl groups is 1. The number of aliphatic hydroxyl groups is 2. The van der Waals surface area contributed by atoms with Crippen molar-refractivity contribution in [1.29, 1.82) is 0 Å². The van der Waals surface area contributed by atoms with Crippen molar-refractivity contribution in [1.82, 2.24) is 5.32 Å². The van der Waals surface area contributed by atoms with Gasteiger partial charge in [-0.2, -0.15) is 26.3 Å². The van der Waals surface area contributed by atoms with Crippen molar-refractivity contribution >= 4 is 11.9 Å². The van der Waals surface area contributed by atoms with Gasteiger partial charge in [0.05, 0.1) is 13.2 Å². The van der Waals surface area contributed by atoms with E-state index in [-0.39, 0.29) is 0 Å². The third-order valence-corrected chi connectivity index (χ3v) is 5.22. The maximum absolute atomic E-state index is 14.0. The number of nitrogens with one attached hydrogen (secondary N) is 1. The van der Waals surface area contributed by atoms with Crippen molar-refractivity contribution in [3.8, 4) is 5.75 Å². The number of benzene rings is 1. The van der Waals surface area contributed by atoms with Gasteiger partial charge >= 0.3 is 24.3 Å². The first-order valence-corrected chi connectivity index (χ1v) is 9.54. The standard InChI is InChI=1S/C19H21F6NO7/c1-3-32-14(28)12-11(9-5-7-10(27)8-6-9)13(15(29)33-4-2)17(31,19(23,24)25)26-16(12,30)18(20,21)22/h5-8,11-13,26-27,30-31H,3-4H2,1-2H3/t11?,12-,13+,16-,17+. The van der Waals surface area contributed by atoms with Gasteiger partial charge in [-0.25, -0.2) is 5.32 Å². The number of phenols is 1. The number of halogens is 6. The van der Waals surface area contributed by atoms with E-state index in [1.807, 2.05) is 0 Å². The van der Waals surface area contributed by atoms with Crippen LogP contribution in [0.2, 0.25) is 0 Å². The normalized spacial score (nSPS) is 30.5. The summed E-state index contributed by atoms with van der Waals surface area (Å²) in [6.07, 6.45) is -11.9. The first-order chi connectivity index (χ1) is 15.0. The molecule has 0 aromatic heterocycles. The van der Waals surface area contributed by atoms with E-state index in [9.17, 15) is 51.3 Å². The van der Waals surface area contributed by atoms with E-state index in [4.69, 9.17) is 0 Å². The molecule has 1 aliphatic rings. The highest BCUT2D eigenvalue weighted by molar-refractivity contribution is 5.81. The van der Waals surface area contributed by atoms with Gasteiger partial charge < -0.3 is 24.8 Å². The molecule has 0 radical (unpaired) electrons. The zero-order valence-electron chi connectivity index (χ0n) is 17.2. The monoisotopic (exact) mass is 489 g/mol. The number of hydrogen-bond donors (Lipinski definition) is 4. The molecule has 0 amide bonds. The molecule has 14 heteroatoms. The van der Waals surface area contributed by atoms with Crippen LogP contribution in [-0.4, -0.2) is 64.3 Å². The second-order valence-corrected chi connectivity index (χ2v) is 7.23.